The number of carbonyl (C=O) groups is 2. The molecule has 0 radical (unpaired) electrons. The number of aromatic nitrogens is 1. The van der Waals surface area contributed by atoms with E-state index < -0.39 is 0 Å². The summed E-state index contributed by atoms with van der Waals surface area (Å²) in [5, 5.41) is 5.19. The number of fused-ring (bicyclic) bond motifs is 1. The number of benzene rings is 3. The summed E-state index contributed by atoms with van der Waals surface area (Å²) in [6.07, 6.45) is 1.25. The van der Waals surface area contributed by atoms with Gasteiger partial charge in [-0.25, -0.2) is 9.37 Å². The molecule has 1 N–H and O–H groups in total. The summed E-state index contributed by atoms with van der Waals surface area (Å²) < 4.78 is 19.2. The van der Waals surface area contributed by atoms with Gasteiger partial charge in [-0.05, 0) is 59.9 Å². The smallest absolute Gasteiger partial charge is 0.271 e. The molecule has 5 rings (SSSR count). The Hall–Kier alpha value is -4.04. The highest BCUT2D eigenvalue weighted by molar-refractivity contribution is 7.09. The van der Waals surface area contributed by atoms with Gasteiger partial charge >= 0.3 is 0 Å². The van der Waals surface area contributed by atoms with E-state index >= 15 is 0 Å². The van der Waals surface area contributed by atoms with Gasteiger partial charge in [-0.2, -0.15) is 0 Å². The molecule has 200 valence electrons. The molecule has 4 aromatic rings. The Morgan fingerprint density at radius 3 is 2.62 bits per heavy atom. The molecule has 0 saturated heterocycles. The van der Waals surface area contributed by atoms with Gasteiger partial charge in [0.2, 0.25) is 5.91 Å². The molecular formula is C31H30FN3O3S. The first-order valence-corrected chi connectivity index (χ1v) is 13.9. The second kappa shape index (κ2) is 11.8. The average molecular weight is 544 g/mol. The van der Waals surface area contributed by atoms with Gasteiger partial charge in [-0.15, -0.1) is 11.3 Å². The van der Waals surface area contributed by atoms with Crippen molar-refractivity contribution < 1.29 is 18.7 Å². The molecule has 39 heavy (non-hydrogen) atoms. The van der Waals surface area contributed by atoms with Gasteiger partial charge in [0.05, 0.1) is 6.04 Å². The maximum absolute atomic E-state index is 13.1. The standard InChI is InChI=1S/C31H30FN3O3S/c1-3-29(36)35-15-14-22-10-13-25(16-26(22)30(35)23-8-4-20(2)5-9-23)38-18-28-34-27(19-39-28)31(37)33-17-21-6-11-24(32)12-7-21/h4-13,16,19,30H,3,14-15,17-18H2,1-2H3,(H,33,37). The van der Waals surface area contributed by atoms with Crippen LogP contribution >= 0.6 is 11.3 Å². The number of halogens is 1. The Morgan fingerprint density at radius 1 is 1.10 bits per heavy atom. The van der Waals surface area contributed by atoms with Crippen LogP contribution in [0, 0.1) is 12.7 Å². The zero-order valence-corrected chi connectivity index (χ0v) is 22.8. The van der Waals surface area contributed by atoms with Crippen molar-refractivity contribution >= 4 is 23.2 Å². The van der Waals surface area contributed by atoms with E-state index in [4.69, 9.17) is 4.74 Å². The summed E-state index contributed by atoms with van der Waals surface area (Å²) in [6.45, 7) is 5.15. The SMILES string of the molecule is CCC(=O)N1CCc2ccc(OCc3nc(C(=O)NCc4ccc(F)cc4)cs3)cc2C1c1ccc(C)cc1. The minimum atomic E-state index is -0.314. The average Bonchev–Trinajstić information content (AvgIpc) is 3.44. The third kappa shape index (κ3) is 6.17. The third-order valence-electron chi connectivity index (χ3n) is 6.87. The van der Waals surface area contributed by atoms with Crippen molar-refractivity contribution in [2.24, 2.45) is 0 Å². The number of hydrogen-bond donors (Lipinski definition) is 1. The van der Waals surface area contributed by atoms with Crippen molar-refractivity contribution in [2.75, 3.05) is 6.54 Å². The van der Waals surface area contributed by atoms with Crippen molar-refractivity contribution in [1.29, 1.82) is 0 Å². The van der Waals surface area contributed by atoms with Crippen molar-refractivity contribution in [2.45, 2.75) is 45.9 Å². The fourth-order valence-corrected chi connectivity index (χ4v) is 5.45. The van der Waals surface area contributed by atoms with Crippen molar-refractivity contribution in [3.05, 3.63) is 116 Å². The van der Waals surface area contributed by atoms with Crippen LogP contribution in [0.1, 0.15) is 62.7 Å². The van der Waals surface area contributed by atoms with Crippen molar-refractivity contribution in [1.82, 2.24) is 15.2 Å². The summed E-state index contributed by atoms with van der Waals surface area (Å²) in [5.41, 5.74) is 5.66. The summed E-state index contributed by atoms with van der Waals surface area (Å²) in [5.74, 6) is 0.211. The summed E-state index contributed by atoms with van der Waals surface area (Å²) in [4.78, 5) is 31.8. The second-order valence-electron chi connectivity index (χ2n) is 9.59. The van der Waals surface area contributed by atoms with E-state index in [1.807, 2.05) is 24.0 Å². The molecule has 0 saturated carbocycles. The topological polar surface area (TPSA) is 71.5 Å². The molecule has 1 aliphatic rings. The predicted molar refractivity (Wildman–Crippen MR) is 149 cm³/mol. The lowest BCUT2D eigenvalue weighted by Crippen LogP contribution is -2.40. The maximum Gasteiger partial charge on any atom is 0.271 e. The van der Waals surface area contributed by atoms with Crippen molar-refractivity contribution in [3.63, 3.8) is 0 Å². The molecule has 0 aliphatic carbocycles. The van der Waals surface area contributed by atoms with Crippen LogP contribution in [0.4, 0.5) is 4.39 Å². The maximum atomic E-state index is 13.1. The summed E-state index contributed by atoms with van der Waals surface area (Å²) in [6, 6.07) is 20.2. The van der Waals surface area contributed by atoms with Gasteiger partial charge in [0, 0.05) is 24.9 Å². The molecule has 3 aromatic carbocycles. The monoisotopic (exact) mass is 543 g/mol. The minimum absolute atomic E-state index is 0.130. The lowest BCUT2D eigenvalue weighted by molar-refractivity contribution is -0.132. The van der Waals surface area contributed by atoms with Crippen molar-refractivity contribution in [3.8, 4) is 5.75 Å². The van der Waals surface area contributed by atoms with Crippen LogP contribution in [0.3, 0.4) is 0 Å². The number of hydrogen-bond acceptors (Lipinski definition) is 5. The molecule has 2 heterocycles. The lowest BCUT2D eigenvalue weighted by Gasteiger charge is -2.38. The first-order chi connectivity index (χ1) is 18.9. The molecule has 0 spiro atoms. The number of carbonyl (C=O) groups excluding carboxylic acids is 2. The second-order valence-corrected chi connectivity index (χ2v) is 10.5. The lowest BCUT2D eigenvalue weighted by atomic mass is 9.87. The molecule has 1 atom stereocenters. The largest absolute Gasteiger partial charge is 0.486 e. The summed E-state index contributed by atoms with van der Waals surface area (Å²) in [7, 11) is 0. The Balaban J connectivity index is 1.28. The van der Waals surface area contributed by atoms with E-state index in [-0.39, 0.29) is 36.8 Å². The quantitative estimate of drug-likeness (QED) is 0.297. The van der Waals surface area contributed by atoms with Crippen LogP contribution in [0.15, 0.2) is 72.1 Å². The van der Waals surface area contributed by atoms with Crippen LogP contribution in [0.25, 0.3) is 0 Å². The number of thiazole rings is 1. The third-order valence-corrected chi connectivity index (χ3v) is 7.70. The molecule has 1 unspecified atom stereocenters. The molecular weight excluding hydrogens is 513 g/mol. The van der Waals surface area contributed by atoms with E-state index in [9.17, 15) is 14.0 Å². The van der Waals surface area contributed by atoms with E-state index in [0.29, 0.717) is 29.4 Å². The first kappa shape index (κ1) is 26.6. The van der Waals surface area contributed by atoms with Gasteiger partial charge in [-0.1, -0.05) is 55.0 Å². The fraction of sp³-hybridized carbons (Fsp3) is 0.258. The normalized spacial score (nSPS) is 14.5. The first-order valence-electron chi connectivity index (χ1n) is 13.0. The van der Waals surface area contributed by atoms with Gasteiger partial charge < -0.3 is 15.0 Å². The van der Waals surface area contributed by atoms with Crippen LogP contribution in [0.5, 0.6) is 5.75 Å². The van der Waals surface area contributed by atoms with Gasteiger partial charge in [-0.3, -0.25) is 9.59 Å². The molecule has 1 aliphatic heterocycles. The Kier molecular flexibility index (Phi) is 8.02. The Bertz CT molecular complexity index is 1470. The molecule has 8 heteroatoms. The number of nitrogens with zero attached hydrogens (tertiary/aromatic N) is 2. The molecule has 2 amide bonds. The van der Waals surface area contributed by atoms with E-state index in [0.717, 1.165) is 23.1 Å². The van der Waals surface area contributed by atoms with E-state index in [1.165, 1.54) is 34.6 Å². The zero-order chi connectivity index (χ0) is 27.4. The molecule has 0 bridgehead atoms. The predicted octanol–water partition coefficient (Wildman–Crippen LogP) is 5.98. The Labute approximate surface area is 231 Å². The number of ether oxygens (including phenoxy) is 1. The fourth-order valence-electron chi connectivity index (χ4n) is 4.76. The highest BCUT2D eigenvalue weighted by atomic mass is 32.1. The van der Waals surface area contributed by atoms with Gasteiger partial charge in [0.25, 0.3) is 5.91 Å². The zero-order valence-electron chi connectivity index (χ0n) is 21.9. The summed E-state index contributed by atoms with van der Waals surface area (Å²) >= 11 is 1.36. The van der Waals surface area contributed by atoms with Crippen LogP contribution in [0.2, 0.25) is 0 Å². The molecule has 1 aromatic heterocycles. The number of rotatable bonds is 8. The number of aryl methyl sites for hydroxylation is 1. The van der Waals surface area contributed by atoms with Gasteiger partial charge in [0.1, 0.15) is 28.9 Å². The van der Waals surface area contributed by atoms with E-state index in [1.54, 1.807) is 17.5 Å². The minimum Gasteiger partial charge on any atom is -0.486 e. The molecule has 0 fully saturated rings. The Morgan fingerprint density at radius 2 is 1.87 bits per heavy atom. The van der Waals surface area contributed by atoms with Crippen LogP contribution in [-0.2, 0) is 24.4 Å². The highest BCUT2D eigenvalue weighted by Crippen LogP contribution is 2.37. The van der Waals surface area contributed by atoms with Crippen LogP contribution < -0.4 is 10.1 Å². The van der Waals surface area contributed by atoms with Gasteiger partial charge in [0.15, 0.2) is 0 Å². The highest BCUT2D eigenvalue weighted by Gasteiger charge is 2.31. The molecule has 6 nitrogen and oxygen atoms in total. The van der Waals surface area contributed by atoms with E-state index in [2.05, 4.69) is 47.6 Å². The number of nitrogens with one attached hydrogen (secondary N) is 1. The van der Waals surface area contributed by atoms with Crippen LogP contribution in [-0.4, -0.2) is 28.2 Å². The number of amides is 2.